The summed E-state index contributed by atoms with van der Waals surface area (Å²) in [7, 11) is 0. The first-order valence-corrected chi connectivity index (χ1v) is 10.4. The van der Waals surface area contributed by atoms with Crippen LogP contribution in [0.2, 0.25) is 0 Å². The SMILES string of the molecule is CCNC(=NCc1coc(-c2ccc(C)cc2)n1)NCCCOC1CCCC1.I. The minimum Gasteiger partial charge on any atom is -0.444 e. The summed E-state index contributed by atoms with van der Waals surface area (Å²) in [6.45, 7) is 7.06. The number of ether oxygens (including phenoxy) is 1. The number of guanidine groups is 1. The van der Waals surface area contributed by atoms with Crippen molar-refractivity contribution in [1.29, 1.82) is 0 Å². The lowest BCUT2D eigenvalue weighted by molar-refractivity contribution is 0.0574. The van der Waals surface area contributed by atoms with Crippen LogP contribution in [0.25, 0.3) is 11.5 Å². The summed E-state index contributed by atoms with van der Waals surface area (Å²) in [4.78, 5) is 9.16. The predicted molar refractivity (Wildman–Crippen MR) is 128 cm³/mol. The van der Waals surface area contributed by atoms with Gasteiger partial charge in [0.1, 0.15) is 12.0 Å². The molecule has 1 heterocycles. The van der Waals surface area contributed by atoms with Crippen molar-refractivity contribution in [3.63, 3.8) is 0 Å². The van der Waals surface area contributed by atoms with E-state index in [1.54, 1.807) is 6.26 Å². The molecule has 0 saturated heterocycles. The van der Waals surface area contributed by atoms with Gasteiger partial charge < -0.3 is 19.8 Å². The topological polar surface area (TPSA) is 71.7 Å². The number of hydrogen-bond donors (Lipinski definition) is 2. The molecule has 0 unspecified atom stereocenters. The lowest BCUT2D eigenvalue weighted by Gasteiger charge is -2.13. The van der Waals surface area contributed by atoms with Crippen molar-refractivity contribution in [3.8, 4) is 11.5 Å². The van der Waals surface area contributed by atoms with Crippen molar-refractivity contribution < 1.29 is 9.15 Å². The molecule has 0 amide bonds. The van der Waals surface area contributed by atoms with Crippen LogP contribution in [0.5, 0.6) is 0 Å². The first-order valence-electron chi connectivity index (χ1n) is 10.4. The third-order valence-electron chi connectivity index (χ3n) is 4.86. The monoisotopic (exact) mass is 512 g/mol. The molecule has 0 radical (unpaired) electrons. The number of oxazole rings is 1. The molecule has 1 saturated carbocycles. The standard InChI is InChI=1S/C22H32N4O2.HI/c1-3-23-22(24-13-6-14-27-20-7-4-5-8-20)25-15-19-16-28-21(26-19)18-11-9-17(2)10-12-18;/h9-12,16,20H,3-8,13-15H2,1-2H3,(H2,23,24,25);1H. The van der Waals surface area contributed by atoms with Crippen molar-refractivity contribution >= 4 is 29.9 Å². The molecular formula is C22H33IN4O2. The van der Waals surface area contributed by atoms with Crippen LogP contribution in [0, 0.1) is 6.92 Å². The maximum atomic E-state index is 5.90. The highest BCUT2D eigenvalue weighted by molar-refractivity contribution is 14.0. The highest BCUT2D eigenvalue weighted by atomic mass is 127. The molecule has 2 aromatic rings. The Morgan fingerprint density at radius 2 is 1.97 bits per heavy atom. The number of benzene rings is 1. The quantitative estimate of drug-likeness (QED) is 0.221. The number of hydrogen-bond acceptors (Lipinski definition) is 4. The molecule has 1 aliphatic carbocycles. The zero-order valence-electron chi connectivity index (χ0n) is 17.4. The number of halogens is 1. The molecule has 0 bridgehead atoms. The van der Waals surface area contributed by atoms with Gasteiger partial charge in [-0.25, -0.2) is 9.98 Å². The lowest BCUT2D eigenvalue weighted by Crippen LogP contribution is -2.38. The summed E-state index contributed by atoms with van der Waals surface area (Å²) in [5, 5.41) is 6.63. The van der Waals surface area contributed by atoms with E-state index < -0.39 is 0 Å². The molecule has 2 N–H and O–H groups in total. The zero-order chi connectivity index (χ0) is 19.6. The molecule has 0 aliphatic heterocycles. The molecule has 1 aromatic carbocycles. The van der Waals surface area contributed by atoms with Gasteiger partial charge in [0.25, 0.3) is 0 Å². The second-order valence-electron chi connectivity index (χ2n) is 7.26. The van der Waals surface area contributed by atoms with E-state index in [2.05, 4.69) is 46.6 Å². The van der Waals surface area contributed by atoms with E-state index in [9.17, 15) is 0 Å². The Labute approximate surface area is 190 Å². The molecule has 7 heteroatoms. The molecule has 160 valence electrons. The first-order chi connectivity index (χ1) is 13.7. The summed E-state index contributed by atoms with van der Waals surface area (Å²) in [5.74, 6) is 1.43. The smallest absolute Gasteiger partial charge is 0.226 e. The third-order valence-corrected chi connectivity index (χ3v) is 4.86. The fourth-order valence-corrected chi connectivity index (χ4v) is 3.29. The van der Waals surface area contributed by atoms with E-state index in [4.69, 9.17) is 9.15 Å². The van der Waals surface area contributed by atoms with E-state index >= 15 is 0 Å². The molecule has 1 aromatic heterocycles. The van der Waals surface area contributed by atoms with Crippen LogP contribution in [-0.2, 0) is 11.3 Å². The third kappa shape index (κ3) is 7.97. The van der Waals surface area contributed by atoms with Crippen LogP contribution >= 0.6 is 24.0 Å². The first kappa shape index (κ1) is 23.7. The Bertz CT molecular complexity index is 740. The largest absolute Gasteiger partial charge is 0.444 e. The zero-order valence-corrected chi connectivity index (χ0v) is 19.8. The van der Waals surface area contributed by atoms with Crippen LogP contribution in [0.4, 0.5) is 0 Å². The molecule has 6 nitrogen and oxygen atoms in total. The van der Waals surface area contributed by atoms with Crippen LogP contribution in [0.3, 0.4) is 0 Å². The summed E-state index contributed by atoms with van der Waals surface area (Å²) in [5.41, 5.74) is 3.01. The molecule has 3 rings (SSSR count). The highest BCUT2D eigenvalue weighted by Gasteiger charge is 2.14. The second kappa shape index (κ2) is 12.8. The average molecular weight is 512 g/mol. The van der Waals surface area contributed by atoms with E-state index in [0.29, 0.717) is 18.5 Å². The van der Waals surface area contributed by atoms with Gasteiger partial charge >= 0.3 is 0 Å². The maximum Gasteiger partial charge on any atom is 0.226 e. The van der Waals surface area contributed by atoms with E-state index in [0.717, 1.165) is 43.3 Å². The number of aliphatic imine (C=N–C) groups is 1. The van der Waals surface area contributed by atoms with Gasteiger partial charge in [0, 0.05) is 25.3 Å². The Hall–Kier alpha value is -1.61. The van der Waals surface area contributed by atoms with Crippen molar-refractivity contribution in [2.24, 2.45) is 4.99 Å². The lowest BCUT2D eigenvalue weighted by atomic mass is 10.1. The van der Waals surface area contributed by atoms with Crippen molar-refractivity contribution in [1.82, 2.24) is 15.6 Å². The van der Waals surface area contributed by atoms with E-state index in [1.165, 1.54) is 31.2 Å². The van der Waals surface area contributed by atoms with Crippen molar-refractivity contribution in [2.75, 3.05) is 19.7 Å². The van der Waals surface area contributed by atoms with Gasteiger partial charge in [-0.15, -0.1) is 24.0 Å². The van der Waals surface area contributed by atoms with Crippen molar-refractivity contribution in [3.05, 3.63) is 41.8 Å². The van der Waals surface area contributed by atoms with Crippen LogP contribution in [-0.4, -0.2) is 36.7 Å². The fraction of sp³-hybridized carbons (Fsp3) is 0.545. The molecule has 1 aliphatic rings. The van der Waals surface area contributed by atoms with Crippen molar-refractivity contribution in [2.45, 2.75) is 58.6 Å². The normalized spacial score (nSPS) is 14.6. The van der Waals surface area contributed by atoms with Gasteiger partial charge in [-0.1, -0.05) is 30.5 Å². The van der Waals surface area contributed by atoms with Gasteiger partial charge in [0.05, 0.1) is 12.6 Å². The number of nitrogens with zero attached hydrogens (tertiary/aromatic N) is 2. The Balaban J connectivity index is 0.00000300. The van der Waals surface area contributed by atoms with Crippen LogP contribution in [0.15, 0.2) is 39.9 Å². The molecule has 0 spiro atoms. The van der Waals surface area contributed by atoms with Gasteiger partial charge in [0.15, 0.2) is 5.96 Å². The number of rotatable bonds is 9. The molecule has 0 atom stereocenters. The minimum absolute atomic E-state index is 0. The predicted octanol–water partition coefficient (Wildman–Crippen LogP) is 4.67. The summed E-state index contributed by atoms with van der Waals surface area (Å²) < 4.78 is 11.5. The minimum atomic E-state index is 0. The Kier molecular flexibility index (Phi) is 10.5. The molecule has 1 fully saturated rings. The average Bonchev–Trinajstić information content (AvgIpc) is 3.38. The molecular weight excluding hydrogens is 479 g/mol. The Morgan fingerprint density at radius 3 is 2.69 bits per heavy atom. The molecule has 29 heavy (non-hydrogen) atoms. The summed E-state index contributed by atoms with van der Waals surface area (Å²) >= 11 is 0. The van der Waals surface area contributed by atoms with Gasteiger partial charge in [0.2, 0.25) is 5.89 Å². The van der Waals surface area contributed by atoms with E-state index in [-0.39, 0.29) is 24.0 Å². The number of aromatic nitrogens is 1. The van der Waals surface area contributed by atoms with Gasteiger partial charge in [-0.05, 0) is 45.2 Å². The maximum absolute atomic E-state index is 5.90. The Morgan fingerprint density at radius 1 is 1.21 bits per heavy atom. The fourth-order valence-electron chi connectivity index (χ4n) is 3.29. The summed E-state index contributed by atoms with van der Waals surface area (Å²) in [6, 6.07) is 8.16. The van der Waals surface area contributed by atoms with Crippen LogP contribution in [0.1, 0.15) is 50.3 Å². The van der Waals surface area contributed by atoms with Crippen LogP contribution < -0.4 is 10.6 Å². The van der Waals surface area contributed by atoms with Gasteiger partial charge in [-0.3, -0.25) is 0 Å². The summed E-state index contributed by atoms with van der Waals surface area (Å²) in [6.07, 6.45) is 8.21. The van der Waals surface area contributed by atoms with Gasteiger partial charge in [-0.2, -0.15) is 0 Å². The second-order valence-corrected chi connectivity index (χ2v) is 7.26. The highest BCUT2D eigenvalue weighted by Crippen LogP contribution is 2.21. The number of nitrogens with one attached hydrogen (secondary N) is 2. The number of aryl methyl sites for hydroxylation is 1. The van der Waals surface area contributed by atoms with E-state index in [1.807, 2.05) is 12.1 Å².